The molecule has 0 radical (unpaired) electrons. The molecule has 0 spiro atoms. The summed E-state index contributed by atoms with van der Waals surface area (Å²) in [7, 11) is -3.57. The molecule has 2 rings (SSSR count). The molecule has 0 aromatic heterocycles. The number of halogens is 1. The lowest BCUT2D eigenvalue weighted by Gasteiger charge is -2.08. The van der Waals surface area contributed by atoms with Crippen molar-refractivity contribution >= 4 is 27.4 Å². The van der Waals surface area contributed by atoms with E-state index < -0.39 is 39.0 Å². The first-order chi connectivity index (χ1) is 9.31. The first-order valence-electron chi connectivity index (χ1n) is 6.12. The van der Waals surface area contributed by atoms with Gasteiger partial charge in [-0.1, -0.05) is 30.7 Å². The second-order valence-corrected chi connectivity index (χ2v) is 7.75. The van der Waals surface area contributed by atoms with E-state index in [2.05, 4.69) is 0 Å². The van der Waals surface area contributed by atoms with Crippen LogP contribution in [0.5, 0.6) is 0 Å². The van der Waals surface area contributed by atoms with Gasteiger partial charge in [0.2, 0.25) is 0 Å². The van der Waals surface area contributed by atoms with Crippen LogP contribution in [-0.2, 0) is 14.6 Å². The van der Waals surface area contributed by atoms with Crippen LogP contribution in [-0.4, -0.2) is 42.2 Å². The third kappa shape index (κ3) is 2.12. The Morgan fingerprint density at radius 1 is 1.35 bits per heavy atom. The number of hydrogen-bond acceptors (Lipinski definition) is 4. The van der Waals surface area contributed by atoms with Crippen molar-refractivity contribution in [3.8, 4) is 0 Å². The molecule has 0 unspecified atom stereocenters. The number of carbonyl (C=O) groups is 1. The number of hydrogen-bond donors (Lipinski definition) is 2. The van der Waals surface area contributed by atoms with Crippen LogP contribution in [0.2, 0.25) is 5.02 Å². The summed E-state index contributed by atoms with van der Waals surface area (Å²) in [5.74, 6) is -2.19. The van der Waals surface area contributed by atoms with Crippen molar-refractivity contribution in [2.24, 2.45) is 5.41 Å². The molecule has 1 aromatic rings. The van der Waals surface area contributed by atoms with Gasteiger partial charge in [-0.2, -0.15) is 0 Å². The predicted molar refractivity (Wildman–Crippen MR) is 74.6 cm³/mol. The van der Waals surface area contributed by atoms with Crippen LogP contribution in [0.25, 0.3) is 0 Å². The molecule has 0 aliphatic heterocycles. The van der Waals surface area contributed by atoms with Gasteiger partial charge in [-0.25, -0.2) is 8.42 Å². The van der Waals surface area contributed by atoms with Gasteiger partial charge in [0.25, 0.3) is 0 Å². The molecule has 1 aliphatic rings. The summed E-state index contributed by atoms with van der Waals surface area (Å²) >= 11 is 5.77. The molecule has 0 amide bonds. The van der Waals surface area contributed by atoms with Gasteiger partial charge in [-0.05, 0) is 17.7 Å². The van der Waals surface area contributed by atoms with E-state index in [1.807, 2.05) is 0 Å². The Labute approximate surface area is 122 Å². The molecule has 0 bridgehead atoms. The first-order valence-corrected chi connectivity index (χ1v) is 8.22. The smallest absolute Gasteiger partial charge is 0.314 e. The van der Waals surface area contributed by atoms with Crippen LogP contribution in [0.1, 0.15) is 18.4 Å². The maximum Gasteiger partial charge on any atom is 0.314 e. The summed E-state index contributed by atoms with van der Waals surface area (Å²) in [5.41, 5.74) is -1.09. The highest BCUT2D eigenvalue weighted by Gasteiger charge is 2.75. The van der Waals surface area contributed by atoms with Crippen molar-refractivity contribution in [3.05, 3.63) is 34.9 Å². The van der Waals surface area contributed by atoms with Crippen molar-refractivity contribution in [1.82, 2.24) is 0 Å². The van der Waals surface area contributed by atoms with Crippen molar-refractivity contribution in [2.45, 2.75) is 18.1 Å². The molecule has 110 valence electrons. The molecule has 1 fully saturated rings. The molecule has 0 heterocycles. The van der Waals surface area contributed by atoms with Crippen LogP contribution in [0.3, 0.4) is 0 Å². The minimum Gasteiger partial charge on any atom is -0.481 e. The van der Waals surface area contributed by atoms with E-state index in [-0.39, 0.29) is 5.75 Å². The molecular weight excluding hydrogens is 304 g/mol. The fraction of sp³-hybridized carbons (Fsp3) is 0.462. The fourth-order valence-electron chi connectivity index (χ4n) is 2.77. The molecule has 5 nitrogen and oxygen atoms in total. The Hall–Kier alpha value is -1.11. The van der Waals surface area contributed by atoms with Gasteiger partial charge in [0, 0.05) is 16.7 Å². The lowest BCUT2D eigenvalue weighted by molar-refractivity contribution is -0.145. The second kappa shape index (κ2) is 5.02. The number of benzene rings is 1. The van der Waals surface area contributed by atoms with E-state index in [9.17, 15) is 23.4 Å². The zero-order valence-corrected chi connectivity index (χ0v) is 12.4. The van der Waals surface area contributed by atoms with E-state index in [4.69, 9.17) is 11.6 Å². The fourth-order valence-corrected chi connectivity index (χ4v) is 4.95. The Balaban J connectivity index is 2.50. The molecule has 0 saturated heterocycles. The van der Waals surface area contributed by atoms with Crippen LogP contribution >= 0.6 is 11.6 Å². The van der Waals surface area contributed by atoms with Gasteiger partial charge in [-0.15, -0.1) is 0 Å². The zero-order chi connectivity index (χ0) is 15.1. The highest BCUT2D eigenvalue weighted by molar-refractivity contribution is 7.92. The Morgan fingerprint density at radius 3 is 2.30 bits per heavy atom. The van der Waals surface area contributed by atoms with Crippen molar-refractivity contribution in [2.75, 3.05) is 12.4 Å². The highest BCUT2D eigenvalue weighted by atomic mass is 35.5. The maximum atomic E-state index is 12.1. The number of rotatable bonds is 5. The largest absolute Gasteiger partial charge is 0.481 e. The number of carboxylic acids is 1. The number of carboxylic acid groups (broad SMARTS) is 1. The minimum absolute atomic E-state index is 0.156. The number of aliphatic hydroxyl groups is 1. The molecular formula is C13H15ClO5S. The van der Waals surface area contributed by atoms with Gasteiger partial charge in [0.15, 0.2) is 9.84 Å². The van der Waals surface area contributed by atoms with Crippen LogP contribution in [0.15, 0.2) is 24.3 Å². The normalized spacial score (nSPS) is 29.1. The summed E-state index contributed by atoms with van der Waals surface area (Å²) in [6, 6.07) is 6.36. The number of aliphatic hydroxyl groups excluding tert-OH is 1. The summed E-state index contributed by atoms with van der Waals surface area (Å²) in [6.07, 6.45) is 0. The number of sulfone groups is 1. The SMILES string of the molecule is CCS(=O)(=O)[C@@H]1[C@@H](c2ccc(Cl)cc2)[C@]1(CO)C(=O)O. The number of aliphatic carboxylic acids is 1. The van der Waals surface area contributed by atoms with Crippen molar-refractivity contribution in [1.29, 1.82) is 0 Å². The highest BCUT2D eigenvalue weighted by Crippen LogP contribution is 2.63. The quantitative estimate of drug-likeness (QED) is 0.854. The van der Waals surface area contributed by atoms with Gasteiger partial charge < -0.3 is 10.2 Å². The molecule has 3 atom stereocenters. The van der Waals surface area contributed by atoms with E-state index >= 15 is 0 Å². The second-order valence-electron chi connectivity index (χ2n) is 4.90. The summed E-state index contributed by atoms with van der Waals surface area (Å²) in [5, 5.41) is 18.2. The van der Waals surface area contributed by atoms with Crippen LogP contribution in [0, 0.1) is 5.41 Å². The van der Waals surface area contributed by atoms with E-state index in [0.717, 1.165) is 0 Å². The average molecular weight is 319 g/mol. The molecule has 7 heteroatoms. The Bertz CT molecular complexity index is 625. The van der Waals surface area contributed by atoms with Crippen molar-refractivity contribution < 1.29 is 23.4 Å². The topological polar surface area (TPSA) is 91.7 Å². The predicted octanol–water partition coefficient (Wildman–Crippen LogP) is 1.30. The maximum absolute atomic E-state index is 12.1. The van der Waals surface area contributed by atoms with Crippen LogP contribution < -0.4 is 0 Å². The van der Waals surface area contributed by atoms with Gasteiger partial charge >= 0.3 is 5.97 Å². The van der Waals surface area contributed by atoms with Gasteiger partial charge in [-0.3, -0.25) is 4.79 Å². The third-order valence-corrected chi connectivity index (χ3v) is 6.46. The van der Waals surface area contributed by atoms with Crippen LogP contribution in [0.4, 0.5) is 0 Å². The van der Waals surface area contributed by atoms with Gasteiger partial charge in [0.05, 0.1) is 11.9 Å². The summed E-state index contributed by atoms with van der Waals surface area (Å²) in [4.78, 5) is 11.5. The zero-order valence-electron chi connectivity index (χ0n) is 10.8. The lowest BCUT2D eigenvalue weighted by Crippen LogP contribution is -2.28. The molecule has 1 aliphatic carbocycles. The Morgan fingerprint density at radius 2 is 1.90 bits per heavy atom. The molecule has 1 saturated carbocycles. The summed E-state index contributed by atoms with van der Waals surface area (Å²) in [6.45, 7) is 0.760. The third-order valence-electron chi connectivity index (χ3n) is 3.93. The average Bonchev–Trinajstić information content (AvgIpc) is 3.11. The summed E-state index contributed by atoms with van der Waals surface area (Å²) < 4.78 is 24.2. The standard InChI is InChI=1S/C13H15ClO5S/c1-2-20(18,19)11-10(13(11,7-15)12(16)17)8-3-5-9(14)6-4-8/h3-6,10-11,15H,2,7H2,1H3,(H,16,17)/t10-,11-,13+/m1/s1. The lowest BCUT2D eigenvalue weighted by atomic mass is 10.0. The molecule has 2 N–H and O–H groups in total. The molecule has 1 aromatic carbocycles. The van der Waals surface area contributed by atoms with E-state index in [1.165, 1.54) is 6.92 Å². The first kappa shape index (κ1) is 15.3. The molecule has 20 heavy (non-hydrogen) atoms. The van der Waals surface area contributed by atoms with E-state index in [0.29, 0.717) is 10.6 Å². The monoisotopic (exact) mass is 318 g/mol. The minimum atomic E-state index is -3.57. The van der Waals surface area contributed by atoms with Crippen molar-refractivity contribution in [3.63, 3.8) is 0 Å². The van der Waals surface area contributed by atoms with E-state index in [1.54, 1.807) is 24.3 Å². The van der Waals surface area contributed by atoms with Gasteiger partial charge in [0.1, 0.15) is 5.41 Å². The Kier molecular flexibility index (Phi) is 3.83.